The molecule has 34 heavy (non-hydrogen) atoms. The number of amides is 2. The highest BCUT2D eigenvalue weighted by Crippen LogP contribution is 2.16. The van der Waals surface area contributed by atoms with Crippen LogP contribution in [0.25, 0.3) is 0 Å². The summed E-state index contributed by atoms with van der Waals surface area (Å²) in [5.41, 5.74) is 1.68. The molecular formula is C25H27N3O4S2. The number of benzene rings is 2. The molecule has 178 valence electrons. The summed E-state index contributed by atoms with van der Waals surface area (Å²) >= 11 is 1.32. The van der Waals surface area contributed by atoms with Gasteiger partial charge >= 0.3 is 0 Å². The monoisotopic (exact) mass is 497 g/mol. The summed E-state index contributed by atoms with van der Waals surface area (Å²) in [5, 5.41) is 4.71. The van der Waals surface area contributed by atoms with Gasteiger partial charge in [0.2, 0.25) is 15.9 Å². The molecule has 1 atom stereocenters. The van der Waals surface area contributed by atoms with Crippen molar-refractivity contribution in [1.82, 2.24) is 14.5 Å². The zero-order chi connectivity index (χ0) is 24.0. The molecule has 2 amide bonds. The molecule has 7 nitrogen and oxygen atoms in total. The Morgan fingerprint density at radius 1 is 0.853 bits per heavy atom. The second-order valence-corrected chi connectivity index (χ2v) is 11.1. The topological polar surface area (TPSA) is 86.8 Å². The first-order valence-corrected chi connectivity index (χ1v) is 13.6. The second-order valence-electron chi connectivity index (χ2n) is 8.16. The van der Waals surface area contributed by atoms with E-state index in [2.05, 4.69) is 5.32 Å². The molecule has 0 spiro atoms. The van der Waals surface area contributed by atoms with Crippen LogP contribution >= 0.6 is 11.3 Å². The van der Waals surface area contributed by atoms with Gasteiger partial charge in [0.15, 0.2) is 0 Å². The fraction of sp³-hybridized carbons (Fsp3) is 0.280. The summed E-state index contributed by atoms with van der Waals surface area (Å²) in [7, 11) is -3.48. The van der Waals surface area contributed by atoms with Crippen molar-refractivity contribution in [3.8, 4) is 0 Å². The van der Waals surface area contributed by atoms with E-state index in [-0.39, 0.29) is 43.7 Å². The highest BCUT2D eigenvalue weighted by atomic mass is 32.2. The van der Waals surface area contributed by atoms with Crippen molar-refractivity contribution in [3.63, 3.8) is 0 Å². The van der Waals surface area contributed by atoms with E-state index in [9.17, 15) is 18.0 Å². The third-order valence-electron chi connectivity index (χ3n) is 5.77. The number of sulfonamides is 1. The van der Waals surface area contributed by atoms with E-state index < -0.39 is 16.1 Å². The zero-order valence-electron chi connectivity index (χ0n) is 18.7. The molecule has 4 rings (SSSR count). The Labute approximate surface area is 204 Å². The van der Waals surface area contributed by atoms with Gasteiger partial charge in [0.1, 0.15) is 6.04 Å². The smallest absolute Gasteiger partial charge is 0.262 e. The van der Waals surface area contributed by atoms with Gasteiger partial charge in [-0.25, -0.2) is 8.42 Å². The average Bonchev–Trinajstić information content (AvgIpc) is 3.40. The van der Waals surface area contributed by atoms with Crippen molar-refractivity contribution in [1.29, 1.82) is 0 Å². The lowest BCUT2D eigenvalue weighted by Gasteiger charge is -2.36. The third-order valence-corrected chi connectivity index (χ3v) is 8.49. The van der Waals surface area contributed by atoms with Gasteiger partial charge in [-0.05, 0) is 22.6 Å². The maximum Gasteiger partial charge on any atom is 0.262 e. The molecule has 9 heteroatoms. The van der Waals surface area contributed by atoms with E-state index in [1.807, 2.05) is 53.9 Å². The van der Waals surface area contributed by atoms with E-state index in [1.54, 1.807) is 29.2 Å². The Kier molecular flexibility index (Phi) is 7.77. The van der Waals surface area contributed by atoms with Crippen molar-refractivity contribution in [3.05, 3.63) is 94.2 Å². The number of carbonyl (C=O) groups is 2. The van der Waals surface area contributed by atoms with Crippen LogP contribution < -0.4 is 5.32 Å². The van der Waals surface area contributed by atoms with E-state index in [0.717, 1.165) is 11.1 Å². The number of thiophene rings is 1. The minimum atomic E-state index is -3.48. The molecule has 3 aromatic rings. The Morgan fingerprint density at radius 3 is 2.06 bits per heavy atom. The normalized spacial score (nSPS) is 15.6. The quantitative estimate of drug-likeness (QED) is 0.519. The first kappa shape index (κ1) is 24.1. The highest BCUT2D eigenvalue weighted by molar-refractivity contribution is 7.88. The van der Waals surface area contributed by atoms with Crippen LogP contribution in [0.1, 0.15) is 20.8 Å². The first-order chi connectivity index (χ1) is 16.4. The standard InChI is InChI=1S/C25H27N3O4S2/c29-24(23-12-7-17-33-23)26-22(18-20-8-3-1-4-9-20)25(30)27-13-15-28(16-14-27)34(31,32)19-21-10-5-2-6-11-21/h1-12,17,22H,13-16,18-19H2,(H,26,29). The predicted octanol–water partition coefficient (Wildman–Crippen LogP) is 2.76. The Balaban J connectivity index is 1.42. The SMILES string of the molecule is O=C(NC(Cc1ccccc1)C(=O)N1CCN(S(=O)(=O)Cc2ccccc2)CC1)c1cccs1. The lowest BCUT2D eigenvalue weighted by molar-refractivity contribution is -0.134. The van der Waals surface area contributed by atoms with Gasteiger partial charge in [-0.15, -0.1) is 11.3 Å². The van der Waals surface area contributed by atoms with E-state index in [1.165, 1.54) is 15.6 Å². The highest BCUT2D eigenvalue weighted by Gasteiger charge is 2.32. The molecule has 1 aliphatic heterocycles. The van der Waals surface area contributed by atoms with Crippen LogP contribution in [0.15, 0.2) is 78.2 Å². The van der Waals surface area contributed by atoms with E-state index in [4.69, 9.17) is 0 Å². The second kappa shape index (κ2) is 10.9. The third kappa shape index (κ3) is 6.11. The molecule has 1 aliphatic rings. The van der Waals surface area contributed by atoms with E-state index >= 15 is 0 Å². The molecule has 2 aromatic carbocycles. The lowest BCUT2D eigenvalue weighted by atomic mass is 10.0. The summed E-state index contributed by atoms with van der Waals surface area (Å²) in [6.45, 7) is 1.04. The van der Waals surface area contributed by atoms with Crippen molar-refractivity contribution in [2.75, 3.05) is 26.2 Å². The van der Waals surface area contributed by atoms with Crippen LogP contribution in [0.5, 0.6) is 0 Å². The van der Waals surface area contributed by atoms with Gasteiger partial charge in [0.25, 0.3) is 5.91 Å². The lowest BCUT2D eigenvalue weighted by Crippen LogP contribution is -2.56. The van der Waals surface area contributed by atoms with Gasteiger partial charge in [0, 0.05) is 32.6 Å². The van der Waals surface area contributed by atoms with Gasteiger partial charge in [0.05, 0.1) is 10.6 Å². The number of piperazine rings is 1. The number of carbonyl (C=O) groups excluding carboxylic acids is 2. The summed E-state index contributed by atoms with van der Waals surface area (Å²) in [4.78, 5) is 28.3. The molecule has 0 aliphatic carbocycles. The maximum atomic E-state index is 13.4. The number of nitrogens with zero attached hydrogens (tertiary/aromatic N) is 2. The number of hydrogen-bond donors (Lipinski definition) is 1. The summed E-state index contributed by atoms with van der Waals surface area (Å²) in [6, 6.07) is 21.4. The molecule has 1 aromatic heterocycles. The van der Waals surface area contributed by atoms with Crippen molar-refractivity contribution < 1.29 is 18.0 Å². The molecule has 0 bridgehead atoms. The van der Waals surface area contributed by atoms with Crippen LogP contribution in [0, 0.1) is 0 Å². The van der Waals surface area contributed by atoms with Gasteiger partial charge in [-0.1, -0.05) is 66.7 Å². The number of rotatable bonds is 8. The van der Waals surface area contributed by atoms with Gasteiger partial charge < -0.3 is 10.2 Å². The number of nitrogens with one attached hydrogen (secondary N) is 1. The van der Waals surface area contributed by atoms with Crippen molar-refractivity contribution in [2.45, 2.75) is 18.2 Å². The molecule has 0 saturated carbocycles. The Hall–Kier alpha value is -3.01. The fourth-order valence-electron chi connectivity index (χ4n) is 3.97. The van der Waals surface area contributed by atoms with Gasteiger partial charge in [-0.3, -0.25) is 9.59 Å². The Bertz CT molecular complexity index is 1190. The van der Waals surface area contributed by atoms with Crippen LogP contribution in [-0.4, -0.2) is 61.7 Å². The van der Waals surface area contributed by atoms with Gasteiger partial charge in [-0.2, -0.15) is 4.31 Å². The average molecular weight is 498 g/mol. The zero-order valence-corrected chi connectivity index (χ0v) is 20.3. The molecule has 1 saturated heterocycles. The van der Waals surface area contributed by atoms with Crippen molar-refractivity contribution >= 4 is 33.2 Å². The Morgan fingerprint density at radius 2 is 1.47 bits per heavy atom. The number of hydrogen-bond acceptors (Lipinski definition) is 5. The maximum absolute atomic E-state index is 13.4. The largest absolute Gasteiger partial charge is 0.339 e. The molecule has 1 fully saturated rings. The summed E-state index contributed by atoms with van der Waals surface area (Å²) < 4.78 is 27.1. The van der Waals surface area contributed by atoms with E-state index in [0.29, 0.717) is 11.3 Å². The minimum Gasteiger partial charge on any atom is -0.339 e. The minimum absolute atomic E-state index is 0.0602. The molecule has 0 radical (unpaired) electrons. The van der Waals surface area contributed by atoms with Crippen LogP contribution in [-0.2, 0) is 27.0 Å². The molecule has 1 unspecified atom stereocenters. The van der Waals surface area contributed by atoms with Crippen molar-refractivity contribution in [2.24, 2.45) is 0 Å². The first-order valence-electron chi connectivity index (χ1n) is 11.1. The molecule has 2 heterocycles. The molecule has 1 N–H and O–H groups in total. The van der Waals surface area contributed by atoms with Crippen LogP contribution in [0.4, 0.5) is 0 Å². The predicted molar refractivity (Wildman–Crippen MR) is 133 cm³/mol. The van der Waals surface area contributed by atoms with Crippen LogP contribution in [0.3, 0.4) is 0 Å². The fourth-order valence-corrected chi connectivity index (χ4v) is 6.11. The molecular weight excluding hydrogens is 470 g/mol. The summed E-state index contributed by atoms with van der Waals surface area (Å²) in [5.74, 6) is -0.544. The van der Waals surface area contributed by atoms with Crippen LogP contribution in [0.2, 0.25) is 0 Å². The summed E-state index contributed by atoms with van der Waals surface area (Å²) in [6.07, 6.45) is 0.364.